The molecule has 0 N–H and O–H groups in total. The Balaban J connectivity index is 0.00000196. The summed E-state index contributed by atoms with van der Waals surface area (Å²) < 4.78 is 12.6. The molecule has 4 heteroatoms. The minimum atomic E-state index is -1.12. The second-order valence-corrected chi connectivity index (χ2v) is 3.59. The first-order valence-electron chi connectivity index (χ1n) is 4.48. The summed E-state index contributed by atoms with van der Waals surface area (Å²) in [5.41, 5.74) is 0.585. The molecule has 0 amide bonds. The van der Waals surface area contributed by atoms with Gasteiger partial charge in [0.05, 0.1) is 0 Å². The molecule has 0 radical (unpaired) electrons. The largest absolute Gasteiger partial charge is 1.00 e. The van der Waals surface area contributed by atoms with E-state index in [1.165, 1.54) is 24.3 Å². The summed E-state index contributed by atoms with van der Waals surface area (Å²) >= 11 is 0. The van der Waals surface area contributed by atoms with Gasteiger partial charge in [-0.3, -0.25) is 0 Å². The molecule has 76 valence electrons. The Morgan fingerprint density at radius 1 is 1.27 bits per heavy atom. The van der Waals surface area contributed by atoms with E-state index in [1.807, 2.05) is 0 Å². The summed E-state index contributed by atoms with van der Waals surface area (Å²) in [5, 5.41) is 10.8. The molecule has 0 aliphatic carbocycles. The molecule has 1 unspecified atom stereocenters. The summed E-state index contributed by atoms with van der Waals surface area (Å²) in [6, 6.07) is 5.48. The third kappa shape index (κ3) is 3.69. The summed E-state index contributed by atoms with van der Waals surface area (Å²) in [6.45, 7) is 3.59. The maximum atomic E-state index is 12.6. The molecular formula is C11H12FLiO2. The maximum Gasteiger partial charge on any atom is 1.00 e. The Bertz CT molecular complexity index is 322. The Morgan fingerprint density at radius 3 is 2.07 bits per heavy atom. The molecule has 1 atom stereocenters. The van der Waals surface area contributed by atoms with Gasteiger partial charge in [0.25, 0.3) is 0 Å². The van der Waals surface area contributed by atoms with Gasteiger partial charge in [-0.15, -0.1) is 0 Å². The molecule has 0 saturated heterocycles. The number of carboxylic acids is 1. The number of carbonyl (C=O) groups excluding carboxylic acids is 1. The SMILES string of the molecule is CC(C)C(C(=O)[O-])c1ccc(F)cc1.[Li+]. The normalized spacial score (nSPS) is 12.0. The quantitative estimate of drug-likeness (QED) is 0.549. The van der Waals surface area contributed by atoms with Crippen LogP contribution in [0.4, 0.5) is 4.39 Å². The number of hydrogen-bond acceptors (Lipinski definition) is 2. The Labute approximate surface area is 101 Å². The van der Waals surface area contributed by atoms with E-state index >= 15 is 0 Å². The zero-order valence-electron chi connectivity index (χ0n) is 9.16. The van der Waals surface area contributed by atoms with Crippen molar-refractivity contribution in [3.8, 4) is 0 Å². The molecule has 0 spiro atoms. The minimum Gasteiger partial charge on any atom is -0.549 e. The molecule has 1 rings (SSSR count). The average molecular weight is 202 g/mol. The van der Waals surface area contributed by atoms with E-state index in [-0.39, 0.29) is 30.6 Å². The van der Waals surface area contributed by atoms with Crippen LogP contribution < -0.4 is 24.0 Å². The van der Waals surface area contributed by atoms with E-state index in [2.05, 4.69) is 0 Å². The summed E-state index contributed by atoms with van der Waals surface area (Å²) in [6.07, 6.45) is 0. The summed E-state index contributed by atoms with van der Waals surface area (Å²) in [7, 11) is 0. The van der Waals surface area contributed by atoms with E-state index in [4.69, 9.17) is 0 Å². The van der Waals surface area contributed by atoms with Crippen LogP contribution >= 0.6 is 0 Å². The number of hydrogen-bond donors (Lipinski definition) is 0. The third-order valence-corrected chi connectivity index (χ3v) is 2.15. The molecule has 0 heterocycles. The van der Waals surface area contributed by atoms with E-state index in [0.717, 1.165) is 0 Å². The second kappa shape index (κ2) is 5.94. The number of carbonyl (C=O) groups is 1. The summed E-state index contributed by atoms with van der Waals surface area (Å²) in [5.74, 6) is -2.22. The topological polar surface area (TPSA) is 40.1 Å². The number of aliphatic carboxylic acids is 1. The van der Waals surface area contributed by atoms with Crippen LogP contribution in [-0.2, 0) is 4.79 Å². The maximum absolute atomic E-state index is 12.6. The van der Waals surface area contributed by atoms with E-state index in [9.17, 15) is 14.3 Å². The molecule has 0 saturated carbocycles. The molecule has 0 aromatic heterocycles. The zero-order chi connectivity index (χ0) is 10.7. The molecule has 1 aromatic carbocycles. The van der Waals surface area contributed by atoms with Crippen molar-refractivity contribution in [1.82, 2.24) is 0 Å². The van der Waals surface area contributed by atoms with Crippen molar-refractivity contribution in [2.75, 3.05) is 0 Å². The summed E-state index contributed by atoms with van der Waals surface area (Å²) in [4.78, 5) is 10.8. The van der Waals surface area contributed by atoms with Gasteiger partial charge in [0.15, 0.2) is 0 Å². The van der Waals surface area contributed by atoms with Gasteiger partial charge < -0.3 is 9.90 Å². The molecule has 2 nitrogen and oxygen atoms in total. The van der Waals surface area contributed by atoms with Crippen LogP contribution in [0.1, 0.15) is 25.3 Å². The molecule has 0 fully saturated rings. The second-order valence-electron chi connectivity index (χ2n) is 3.59. The van der Waals surface area contributed by atoms with Crippen molar-refractivity contribution in [1.29, 1.82) is 0 Å². The van der Waals surface area contributed by atoms with Crippen molar-refractivity contribution in [2.45, 2.75) is 19.8 Å². The monoisotopic (exact) mass is 202 g/mol. The van der Waals surface area contributed by atoms with Crippen LogP contribution in [-0.4, -0.2) is 5.97 Å². The molecule has 0 bridgehead atoms. The van der Waals surface area contributed by atoms with E-state index in [1.54, 1.807) is 13.8 Å². The number of benzene rings is 1. The van der Waals surface area contributed by atoms with Gasteiger partial charge in [-0.25, -0.2) is 4.39 Å². The fourth-order valence-electron chi connectivity index (χ4n) is 1.46. The van der Waals surface area contributed by atoms with Crippen molar-refractivity contribution in [2.24, 2.45) is 5.92 Å². The third-order valence-electron chi connectivity index (χ3n) is 2.15. The van der Waals surface area contributed by atoms with Gasteiger partial charge in [0, 0.05) is 11.9 Å². The first-order valence-corrected chi connectivity index (χ1v) is 4.48. The molecule has 0 aliphatic rings. The molecular weight excluding hydrogens is 190 g/mol. The molecule has 1 aromatic rings. The van der Waals surface area contributed by atoms with E-state index in [0.29, 0.717) is 5.56 Å². The van der Waals surface area contributed by atoms with Gasteiger partial charge in [0.2, 0.25) is 0 Å². The Kier molecular flexibility index (Phi) is 5.63. The van der Waals surface area contributed by atoms with Crippen LogP contribution in [0.2, 0.25) is 0 Å². The van der Waals surface area contributed by atoms with Crippen molar-refractivity contribution in [3.63, 3.8) is 0 Å². The Hall–Kier alpha value is -0.783. The number of halogens is 1. The standard InChI is InChI=1S/C11H13FO2.Li/c1-7(2)10(11(13)14)8-3-5-9(12)6-4-8;/h3-7,10H,1-2H3,(H,13,14);/q;+1/p-1. The van der Waals surface area contributed by atoms with Crippen LogP contribution in [0.15, 0.2) is 24.3 Å². The van der Waals surface area contributed by atoms with Crippen LogP contribution in [0.5, 0.6) is 0 Å². The minimum absolute atomic E-state index is 0. The average Bonchev–Trinajstić information content (AvgIpc) is 2.07. The van der Waals surface area contributed by atoms with Crippen molar-refractivity contribution < 1.29 is 33.2 Å². The van der Waals surface area contributed by atoms with E-state index < -0.39 is 11.9 Å². The van der Waals surface area contributed by atoms with Gasteiger partial charge in [0.1, 0.15) is 5.82 Å². The molecule has 15 heavy (non-hydrogen) atoms. The predicted octanol–water partition coefficient (Wildman–Crippen LogP) is -1.68. The fraction of sp³-hybridized carbons (Fsp3) is 0.364. The van der Waals surface area contributed by atoms with Crippen LogP contribution in [0.3, 0.4) is 0 Å². The van der Waals surface area contributed by atoms with Crippen molar-refractivity contribution >= 4 is 5.97 Å². The smallest absolute Gasteiger partial charge is 0.549 e. The fourth-order valence-corrected chi connectivity index (χ4v) is 1.46. The zero-order valence-corrected chi connectivity index (χ0v) is 9.16. The number of rotatable bonds is 3. The number of carboxylic acid groups (broad SMARTS) is 1. The first-order chi connectivity index (χ1) is 6.52. The first kappa shape index (κ1) is 14.2. The van der Waals surface area contributed by atoms with Gasteiger partial charge in [-0.1, -0.05) is 26.0 Å². The Morgan fingerprint density at radius 2 is 1.73 bits per heavy atom. The van der Waals surface area contributed by atoms with Crippen LogP contribution in [0, 0.1) is 11.7 Å². The van der Waals surface area contributed by atoms with Gasteiger partial charge >= 0.3 is 18.9 Å². The molecule has 0 aliphatic heterocycles. The van der Waals surface area contributed by atoms with Gasteiger partial charge in [-0.2, -0.15) is 0 Å². The predicted molar refractivity (Wildman–Crippen MR) is 49.0 cm³/mol. The van der Waals surface area contributed by atoms with Gasteiger partial charge in [-0.05, 0) is 23.6 Å². The van der Waals surface area contributed by atoms with Crippen molar-refractivity contribution in [3.05, 3.63) is 35.6 Å². The van der Waals surface area contributed by atoms with Crippen LogP contribution in [0.25, 0.3) is 0 Å².